The van der Waals surface area contributed by atoms with E-state index < -0.39 is 76.2 Å². The summed E-state index contributed by atoms with van der Waals surface area (Å²) in [6.45, 7) is 8.02. The molecule has 0 unspecified atom stereocenters. The molecule has 0 bridgehead atoms. The number of aryl methyl sites for hydroxylation is 4. The number of likely N-dealkylation sites (tertiary alicyclic amines) is 3. The minimum atomic E-state index is -5.03. The fourth-order valence-corrected chi connectivity index (χ4v) is 14.4. The molecule has 0 saturated carbocycles. The number of hydrogen-bond donors (Lipinski definition) is 4. The van der Waals surface area contributed by atoms with Crippen LogP contribution < -0.4 is 5.32 Å². The van der Waals surface area contributed by atoms with Crippen molar-refractivity contribution in [2.24, 2.45) is 0 Å². The maximum Gasteiger partial charge on any atom is 0.419 e. The van der Waals surface area contributed by atoms with Crippen LogP contribution in [-0.4, -0.2) is 144 Å². The molecule has 7 aliphatic rings. The van der Waals surface area contributed by atoms with Crippen molar-refractivity contribution in [2.45, 2.75) is 153 Å². The van der Waals surface area contributed by atoms with Crippen LogP contribution in [0.3, 0.4) is 0 Å². The molecule has 0 spiro atoms. The summed E-state index contributed by atoms with van der Waals surface area (Å²) in [4.78, 5) is 60.1. The SMILES string of the molecule is Cc1cc(F)c(C(F)(F)F)c(C2CCN(C(=O)c3n[nH]c4c3CCCC4)CC2)c1.Cc1cc(F)c(C(F)(F)F)c(C2CCN(C(=O)c3n[nH]c4c3CCCC4)CC2)c1.O=C(c1n[nH]c2c1CN(C(=O)N1CCNCC1)C2)N1CCC(c2ccc(F)c(F)c2C(F)(F)F)CC1. The Morgan fingerprint density at radius 2 is 0.809 bits per heavy atom. The molecule has 13 rings (SSSR count). The van der Waals surface area contributed by atoms with E-state index in [9.17, 15) is 76.3 Å². The molecule has 506 valence electrons. The predicted octanol–water partition coefficient (Wildman–Crippen LogP) is 12.6. The maximum atomic E-state index is 14.1. The fraction of sp³-hybridized carbons (Fsp3) is 0.523. The summed E-state index contributed by atoms with van der Waals surface area (Å²) >= 11 is 0. The van der Waals surface area contributed by atoms with Gasteiger partial charge in [0, 0.05) is 93.5 Å². The molecule has 3 aromatic heterocycles. The third-order valence-electron chi connectivity index (χ3n) is 19.2. The van der Waals surface area contributed by atoms with Crippen LogP contribution in [0.5, 0.6) is 0 Å². The van der Waals surface area contributed by atoms with Gasteiger partial charge in [0.15, 0.2) is 28.7 Å². The highest BCUT2D eigenvalue weighted by Crippen LogP contribution is 2.45. The van der Waals surface area contributed by atoms with Gasteiger partial charge < -0.3 is 29.8 Å². The van der Waals surface area contributed by atoms with Crippen LogP contribution >= 0.6 is 0 Å². The number of amides is 5. The molecule has 0 atom stereocenters. The minimum absolute atomic E-state index is 0.000697. The van der Waals surface area contributed by atoms with Crippen molar-refractivity contribution in [3.05, 3.63) is 155 Å². The molecule has 4 fully saturated rings. The van der Waals surface area contributed by atoms with Crippen LogP contribution in [0.25, 0.3) is 0 Å². The summed E-state index contributed by atoms with van der Waals surface area (Å²) < 4.78 is 177. The summed E-state index contributed by atoms with van der Waals surface area (Å²) in [5, 5.41) is 24.5. The van der Waals surface area contributed by atoms with Crippen molar-refractivity contribution in [1.29, 1.82) is 0 Å². The van der Waals surface area contributed by atoms with Gasteiger partial charge in [0.05, 0.1) is 35.5 Å². The lowest BCUT2D eigenvalue weighted by atomic mass is 9.85. The molecule has 5 amide bonds. The highest BCUT2D eigenvalue weighted by atomic mass is 19.4. The number of rotatable bonds is 6. The van der Waals surface area contributed by atoms with Crippen molar-refractivity contribution >= 4 is 23.8 Å². The zero-order valence-corrected chi connectivity index (χ0v) is 51.7. The van der Waals surface area contributed by atoms with Crippen LogP contribution in [0.4, 0.5) is 61.9 Å². The summed E-state index contributed by atoms with van der Waals surface area (Å²) in [6, 6.07) is 6.28. The number of fused-ring (bicyclic) bond motifs is 3. The molecule has 4 N–H and O–H groups in total. The Kier molecular flexibility index (Phi) is 19.7. The molecule has 5 aliphatic heterocycles. The number of benzene rings is 3. The highest BCUT2D eigenvalue weighted by Gasteiger charge is 2.44. The van der Waals surface area contributed by atoms with Gasteiger partial charge >= 0.3 is 24.6 Å². The van der Waals surface area contributed by atoms with Gasteiger partial charge in [0.1, 0.15) is 11.6 Å². The van der Waals surface area contributed by atoms with Crippen molar-refractivity contribution < 1.29 is 76.3 Å². The number of H-pyrrole nitrogens is 3. The molecule has 8 heterocycles. The molecule has 2 aliphatic carbocycles. The first-order valence-corrected chi connectivity index (χ1v) is 31.8. The Labute approximate surface area is 532 Å². The van der Waals surface area contributed by atoms with Crippen molar-refractivity contribution in [3.8, 4) is 0 Å². The number of halogens is 13. The number of nitrogens with one attached hydrogen (secondary N) is 4. The van der Waals surface area contributed by atoms with E-state index in [0.717, 1.165) is 105 Å². The van der Waals surface area contributed by atoms with E-state index >= 15 is 0 Å². The Hall–Kier alpha value is -7.98. The number of urea groups is 1. The second-order valence-electron chi connectivity index (χ2n) is 25.3. The van der Waals surface area contributed by atoms with E-state index in [1.807, 2.05) is 0 Å². The Morgan fingerprint density at radius 3 is 1.22 bits per heavy atom. The first-order chi connectivity index (χ1) is 44.7. The minimum Gasteiger partial charge on any atom is -0.337 e. The quantitative estimate of drug-likeness (QED) is 0.119. The van der Waals surface area contributed by atoms with Gasteiger partial charge in [-0.15, -0.1) is 0 Å². The van der Waals surface area contributed by atoms with E-state index in [-0.39, 0.29) is 78.6 Å². The van der Waals surface area contributed by atoms with E-state index in [1.165, 1.54) is 17.0 Å². The number of hydrogen-bond acceptors (Lipinski definition) is 8. The maximum absolute atomic E-state index is 14.1. The number of piperidine rings is 3. The number of aromatic amines is 3. The molecule has 16 nitrogen and oxygen atoms in total. The monoisotopic (exact) mass is 1330 g/mol. The van der Waals surface area contributed by atoms with Crippen molar-refractivity contribution in [1.82, 2.24) is 60.4 Å². The molecule has 29 heteroatoms. The van der Waals surface area contributed by atoms with E-state index in [2.05, 4.69) is 35.9 Å². The zero-order chi connectivity index (χ0) is 67.1. The van der Waals surface area contributed by atoms with Gasteiger partial charge in [-0.3, -0.25) is 29.7 Å². The van der Waals surface area contributed by atoms with Crippen LogP contribution in [0, 0.1) is 37.1 Å². The van der Waals surface area contributed by atoms with Crippen LogP contribution in [0.15, 0.2) is 36.4 Å². The van der Waals surface area contributed by atoms with Crippen LogP contribution in [0.1, 0.15) is 192 Å². The molecule has 0 radical (unpaired) electrons. The van der Waals surface area contributed by atoms with Gasteiger partial charge in [-0.1, -0.05) is 18.2 Å². The van der Waals surface area contributed by atoms with E-state index in [1.54, 1.807) is 33.4 Å². The number of carbonyl (C=O) groups excluding carboxylic acids is 4. The van der Waals surface area contributed by atoms with Gasteiger partial charge in [0.25, 0.3) is 17.7 Å². The van der Waals surface area contributed by atoms with Gasteiger partial charge in [-0.05, 0) is 168 Å². The number of alkyl halides is 9. The lowest BCUT2D eigenvalue weighted by Gasteiger charge is -2.33. The van der Waals surface area contributed by atoms with Crippen molar-refractivity contribution in [3.63, 3.8) is 0 Å². The Morgan fingerprint density at radius 1 is 0.426 bits per heavy atom. The fourth-order valence-electron chi connectivity index (χ4n) is 14.4. The number of carbonyl (C=O) groups is 4. The van der Waals surface area contributed by atoms with Crippen molar-refractivity contribution in [2.75, 3.05) is 65.4 Å². The zero-order valence-electron chi connectivity index (χ0n) is 51.7. The molecule has 3 aromatic carbocycles. The molecular weight excluding hydrogens is 1260 g/mol. The first kappa shape index (κ1) is 67.4. The third kappa shape index (κ3) is 14.2. The topological polar surface area (TPSA) is 183 Å². The summed E-state index contributed by atoms with van der Waals surface area (Å²) in [7, 11) is 0. The Bertz CT molecular complexity index is 3640. The van der Waals surface area contributed by atoms with E-state index in [0.29, 0.717) is 111 Å². The van der Waals surface area contributed by atoms with Crippen LogP contribution in [-0.2, 0) is 57.3 Å². The molecule has 6 aromatic rings. The summed E-state index contributed by atoms with van der Waals surface area (Å²) in [6.07, 6.45) is -5.12. The largest absolute Gasteiger partial charge is 0.419 e. The van der Waals surface area contributed by atoms with Gasteiger partial charge in [-0.25, -0.2) is 22.4 Å². The summed E-state index contributed by atoms with van der Waals surface area (Å²) in [5.74, 6) is -8.15. The smallest absolute Gasteiger partial charge is 0.337 e. The number of aromatic nitrogens is 6. The second-order valence-corrected chi connectivity index (χ2v) is 25.3. The first-order valence-electron chi connectivity index (χ1n) is 31.8. The average Bonchev–Trinajstić information content (AvgIpc) is 1.20. The standard InChI is InChI=1S/C23H25F5N6O2.2C21H23F4N3O/c24-16-2-1-14(18(19(16)25)23(26,27)28)13-3-7-32(8-4-13)21(35)20-15-11-34(12-17(15)30-31-20)22(36)33-9-5-29-6-10-33;2*1-12-10-15(18(16(22)11-12)21(23,24)25)13-6-8-28(9-7-13)20(29)19-14-4-2-3-5-17(14)26-27-19/h1-2,13,29H,3-12H2,(H,30,31);2*10-11,13H,2-9H2,1H3,(H,26,27). The third-order valence-corrected chi connectivity index (χ3v) is 19.2. The van der Waals surface area contributed by atoms with Crippen LogP contribution in [0.2, 0.25) is 0 Å². The predicted molar refractivity (Wildman–Crippen MR) is 315 cm³/mol. The highest BCUT2D eigenvalue weighted by molar-refractivity contribution is 5.95. The second kappa shape index (κ2) is 27.4. The lowest BCUT2D eigenvalue weighted by Crippen LogP contribution is -2.50. The molecule has 94 heavy (non-hydrogen) atoms. The summed E-state index contributed by atoms with van der Waals surface area (Å²) in [5.41, 5.74) is 3.10. The Balaban J connectivity index is 0.000000145. The lowest BCUT2D eigenvalue weighted by molar-refractivity contribution is -0.142. The van der Waals surface area contributed by atoms with Gasteiger partial charge in [-0.2, -0.15) is 54.8 Å². The molecule has 4 saturated heterocycles. The average molecular weight is 1330 g/mol. The van der Waals surface area contributed by atoms with E-state index in [4.69, 9.17) is 0 Å². The van der Waals surface area contributed by atoms with Gasteiger partial charge in [0.2, 0.25) is 0 Å². The number of piperazine rings is 1. The number of nitrogens with zero attached hydrogens (tertiary/aromatic N) is 8. The normalized spacial score (nSPS) is 18.4. The molecular formula is C65H71F13N12O4.